The molecule has 2 saturated heterocycles. The smallest absolute Gasteiger partial charge is 0.0594 e. The Morgan fingerprint density at radius 2 is 1.74 bits per heavy atom. The first-order chi connectivity index (χ1) is 11.2. The number of likely N-dealkylation sites (tertiary alicyclic amines) is 1. The van der Waals surface area contributed by atoms with Crippen LogP contribution < -0.4 is 5.32 Å². The molecular weight excluding hydrogens is 310 g/mol. The molecule has 1 N–H and O–H groups in total. The van der Waals surface area contributed by atoms with Crippen LogP contribution in [0.3, 0.4) is 0 Å². The molecule has 23 heavy (non-hydrogen) atoms. The second kappa shape index (κ2) is 8.34. The van der Waals surface area contributed by atoms with Crippen LogP contribution in [0.4, 0.5) is 5.69 Å². The van der Waals surface area contributed by atoms with Crippen LogP contribution >= 0.6 is 11.6 Å². The van der Waals surface area contributed by atoms with Crippen molar-refractivity contribution in [3.8, 4) is 0 Å². The van der Waals surface area contributed by atoms with E-state index in [1.54, 1.807) is 0 Å². The fourth-order valence-electron chi connectivity index (χ4n) is 3.33. The molecule has 0 atom stereocenters. The van der Waals surface area contributed by atoms with Crippen molar-refractivity contribution in [3.05, 3.63) is 28.8 Å². The first-order valence-corrected chi connectivity index (χ1v) is 9.13. The minimum atomic E-state index is 0.563. The van der Waals surface area contributed by atoms with Crippen molar-refractivity contribution in [1.29, 1.82) is 0 Å². The highest BCUT2D eigenvalue weighted by atomic mass is 35.5. The van der Waals surface area contributed by atoms with Gasteiger partial charge >= 0.3 is 0 Å². The third kappa shape index (κ3) is 5.08. The van der Waals surface area contributed by atoms with Crippen molar-refractivity contribution in [1.82, 2.24) is 9.80 Å². The molecule has 0 unspecified atom stereocenters. The van der Waals surface area contributed by atoms with Crippen molar-refractivity contribution >= 4 is 17.3 Å². The average Bonchev–Trinajstić information content (AvgIpc) is 2.58. The summed E-state index contributed by atoms with van der Waals surface area (Å²) in [6.45, 7) is 10.7. The highest BCUT2D eigenvalue weighted by Crippen LogP contribution is 2.22. The Kier molecular flexibility index (Phi) is 6.17. The van der Waals surface area contributed by atoms with Crippen LogP contribution in [-0.2, 0) is 4.74 Å². The average molecular weight is 338 g/mol. The second-order valence-electron chi connectivity index (χ2n) is 6.68. The van der Waals surface area contributed by atoms with Crippen LogP contribution in [-0.4, -0.2) is 68.3 Å². The Morgan fingerprint density at radius 1 is 1.09 bits per heavy atom. The monoisotopic (exact) mass is 337 g/mol. The van der Waals surface area contributed by atoms with Gasteiger partial charge in [-0.3, -0.25) is 4.90 Å². The minimum Gasteiger partial charge on any atom is -0.382 e. The second-order valence-corrected chi connectivity index (χ2v) is 7.09. The summed E-state index contributed by atoms with van der Waals surface area (Å²) in [5, 5.41) is 4.48. The van der Waals surface area contributed by atoms with Gasteiger partial charge in [-0.15, -0.1) is 0 Å². The van der Waals surface area contributed by atoms with Gasteiger partial charge in [0.05, 0.1) is 13.2 Å². The molecule has 1 aromatic carbocycles. The van der Waals surface area contributed by atoms with E-state index in [1.165, 1.54) is 39.0 Å². The molecule has 0 bridgehead atoms. The number of anilines is 1. The molecule has 0 aliphatic carbocycles. The molecule has 2 aliphatic rings. The Labute approximate surface area is 144 Å². The Hall–Kier alpha value is -0.810. The largest absolute Gasteiger partial charge is 0.382 e. The van der Waals surface area contributed by atoms with E-state index >= 15 is 0 Å². The summed E-state index contributed by atoms with van der Waals surface area (Å²) < 4.78 is 5.40. The van der Waals surface area contributed by atoms with Crippen LogP contribution in [0.5, 0.6) is 0 Å². The molecular formula is C18H28ClN3O. The number of nitrogens with zero attached hydrogens (tertiary/aromatic N) is 2. The van der Waals surface area contributed by atoms with Crippen molar-refractivity contribution in [2.75, 3.05) is 57.8 Å². The summed E-state index contributed by atoms with van der Waals surface area (Å²) in [6, 6.07) is 6.82. The van der Waals surface area contributed by atoms with Gasteiger partial charge in [0.25, 0.3) is 0 Å². The normalized spacial score (nSPS) is 21.5. The Morgan fingerprint density at radius 3 is 2.39 bits per heavy atom. The topological polar surface area (TPSA) is 27.7 Å². The summed E-state index contributed by atoms with van der Waals surface area (Å²) in [5.41, 5.74) is 2.28. The summed E-state index contributed by atoms with van der Waals surface area (Å²) in [7, 11) is 0. The van der Waals surface area contributed by atoms with Gasteiger partial charge in [0.2, 0.25) is 0 Å². The molecule has 0 spiro atoms. The lowest BCUT2D eigenvalue weighted by molar-refractivity contribution is 0.0322. The predicted molar refractivity (Wildman–Crippen MR) is 96.5 cm³/mol. The highest BCUT2D eigenvalue weighted by Gasteiger charge is 2.20. The van der Waals surface area contributed by atoms with Gasteiger partial charge in [0.1, 0.15) is 0 Å². The molecule has 1 aromatic rings. The maximum Gasteiger partial charge on any atom is 0.0594 e. The molecule has 2 heterocycles. The Bertz CT molecular complexity index is 497. The first-order valence-electron chi connectivity index (χ1n) is 8.76. The highest BCUT2D eigenvalue weighted by molar-refractivity contribution is 6.31. The van der Waals surface area contributed by atoms with E-state index in [0.717, 1.165) is 42.6 Å². The lowest BCUT2D eigenvalue weighted by Crippen LogP contribution is -2.45. The van der Waals surface area contributed by atoms with Gasteiger partial charge in [0.15, 0.2) is 0 Å². The minimum absolute atomic E-state index is 0.563. The molecule has 5 heteroatoms. The van der Waals surface area contributed by atoms with Gasteiger partial charge in [-0.1, -0.05) is 17.7 Å². The van der Waals surface area contributed by atoms with E-state index < -0.39 is 0 Å². The first kappa shape index (κ1) is 17.0. The van der Waals surface area contributed by atoms with Crippen molar-refractivity contribution in [2.45, 2.75) is 25.8 Å². The van der Waals surface area contributed by atoms with Gasteiger partial charge in [-0.2, -0.15) is 0 Å². The Balaban J connectivity index is 1.38. The van der Waals surface area contributed by atoms with E-state index in [0.29, 0.717) is 6.04 Å². The summed E-state index contributed by atoms with van der Waals surface area (Å²) in [4.78, 5) is 5.11. The molecule has 0 saturated carbocycles. The number of halogens is 1. The maximum atomic E-state index is 6.21. The number of nitrogens with one attached hydrogen (secondary N) is 1. The van der Waals surface area contributed by atoms with Gasteiger partial charge < -0.3 is 15.0 Å². The fourth-order valence-corrected chi connectivity index (χ4v) is 3.51. The zero-order valence-electron chi connectivity index (χ0n) is 14.1. The van der Waals surface area contributed by atoms with E-state index in [-0.39, 0.29) is 0 Å². The molecule has 0 radical (unpaired) electrons. The van der Waals surface area contributed by atoms with Gasteiger partial charge in [-0.05, 0) is 37.5 Å². The SMILES string of the molecule is Cc1ccc(NC2CCN(CCN3CCOCC3)CC2)cc1Cl. The number of hydrogen-bond donors (Lipinski definition) is 1. The molecule has 128 valence electrons. The summed E-state index contributed by atoms with van der Waals surface area (Å²) in [5.74, 6) is 0. The number of piperidine rings is 1. The lowest BCUT2D eigenvalue weighted by Gasteiger charge is -2.35. The third-order valence-electron chi connectivity index (χ3n) is 4.97. The number of morpholine rings is 1. The van der Waals surface area contributed by atoms with Crippen LogP contribution in [0, 0.1) is 6.92 Å². The van der Waals surface area contributed by atoms with E-state index in [1.807, 2.05) is 13.0 Å². The zero-order valence-corrected chi connectivity index (χ0v) is 14.8. The van der Waals surface area contributed by atoms with Crippen LogP contribution in [0.1, 0.15) is 18.4 Å². The standard InChI is InChI=1S/C18H28ClN3O/c1-15-2-3-17(14-18(15)19)20-16-4-6-21(7-5-16)8-9-22-10-12-23-13-11-22/h2-3,14,16,20H,4-13H2,1H3. The number of ether oxygens (including phenoxy) is 1. The quantitative estimate of drug-likeness (QED) is 0.894. The van der Waals surface area contributed by atoms with Crippen molar-refractivity contribution in [3.63, 3.8) is 0 Å². The molecule has 0 amide bonds. The molecule has 3 rings (SSSR count). The van der Waals surface area contributed by atoms with Gasteiger partial charge in [0, 0.05) is 56.0 Å². The van der Waals surface area contributed by atoms with Crippen LogP contribution in [0.15, 0.2) is 18.2 Å². The summed E-state index contributed by atoms with van der Waals surface area (Å²) in [6.07, 6.45) is 2.41. The summed E-state index contributed by atoms with van der Waals surface area (Å²) >= 11 is 6.21. The number of hydrogen-bond acceptors (Lipinski definition) is 4. The lowest BCUT2D eigenvalue weighted by atomic mass is 10.0. The van der Waals surface area contributed by atoms with Crippen molar-refractivity contribution in [2.24, 2.45) is 0 Å². The van der Waals surface area contributed by atoms with E-state index in [2.05, 4.69) is 27.2 Å². The predicted octanol–water partition coefficient (Wildman–Crippen LogP) is 2.86. The van der Waals surface area contributed by atoms with E-state index in [4.69, 9.17) is 16.3 Å². The maximum absolute atomic E-state index is 6.21. The third-order valence-corrected chi connectivity index (χ3v) is 5.37. The van der Waals surface area contributed by atoms with E-state index in [9.17, 15) is 0 Å². The zero-order chi connectivity index (χ0) is 16.1. The fraction of sp³-hybridized carbons (Fsp3) is 0.667. The number of benzene rings is 1. The molecule has 2 fully saturated rings. The van der Waals surface area contributed by atoms with Crippen LogP contribution in [0.25, 0.3) is 0 Å². The number of aryl methyl sites for hydroxylation is 1. The molecule has 4 nitrogen and oxygen atoms in total. The van der Waals surface area contributed by atoms with Gasteiger partial charge in [-0.25, -0.2) is 0 Å². The molecule has 0 aromatic heterocycles. The van der Waals surface area contributed by atoms with Crippen LogP contribution in [0.2, 0.25) is 5.02 Å². The van der Waals surface area contributed by atoms with Crippen molar-refractivity contribution < 1.29 is 4.74 Å². The number of rotatable bonds is 5. The molecule has 2 aliphatic heterocycles.